The molecule has 0 heterocycles. The minimum absolute atomic E-state index is 0.0321. The number of hydrogen-bond acceptors (Lipinski definition) is 4. The van der Waals surface area contributed by atoms with E-state index in [-0.39, 0.29) is 22.9 Å². The van der Waals surface area contributed by atoms with Crippen LogP contribution >= 0.6 is 15.9 Å². The Labute approximate surface area is 222 Å². The zero-order valence-electron chi connectivity index (χ0n) is 21.5. The highest BCUT2D eigenvalue weighted by molar-refractivity contribution is 9.10. The molecule has 0 unspecified atom stereocenters. The highest BCUT2D eigenvalue weighted by Gasteiger charge is 2.28. The molecular formula is C28H33BrN2O4S. The molecule has 36 heavy (non-hydrogen) atoms. The maximum Gasteiger partial charge on any atom is 0.264 e. The van der Waals surface area contributed by atoms with Crippen LogP contribution in [0.1, 0.15) is 50.4 Å². The summed E-state index contributed by atoms with van der Waals surface area (Å²) in [5, 5.41) is 2.94. The molecule has 0 spiro atoms. The molecule has 6 nitrogen and oxygen atoms in total. The molecule has 3 aromatic rings. The van der Waals surface area contributed by atoms with Crippen LogP contribution in [0.2, 0.25) is 0 Å². The molecule has 192 valence electrons. The lowest BCUT2D eigenvalue weighted by Gasteiger charge is -2.26. The Hall–Kier alpha value is -2.84. The summed E-state index contributed by atoms with van der Waals surface area (Å²) in [6.45, 7) is 9.88. The number of amides is 1. The Morgan fingerprint density at radius 1 is 1.03 bits per heavy atom. The molecule has 0 aliphatic carbocycles. The number of rotatable bonds is 8. The van der Waals surface area contributed by atoms with Crippen LogP contribution in [-0.2, 0) is 20.2 Å². The van der Waals surface area contributed by atoms with Gasteiger partial charge in [0.15, 0.2) is 0 Å². The van der Waals surface area contributed by atoms with Crippen LogP contribution in [0.3, 0.4) is 0 Å². The van der Waals surface area contributed by atoms with Crippen molar-refractivity contribution in [3.8, 4) is 5.75 Å². The topological polar surface area (TPSA) is 75.7 Å². The third-order valence-corrected chi connectivity index (χ3v) is 8.36. The Bertz CT molecular complexity index is 1320. The second-order valence-electron chi connectivity index (χ2n) is 9.80. The number of aryl methyl sites for hydroxylation is 1. The molecule has 0 aliphatic rings. The van der Waals surface area contributed by atoms with Gasteiger partial charge >= 0.3 is 0 Å². The van der Waals surface area contributed by atoms with Crippen LogP contribution in [0.5, 0.6) is 5.75 Å². The summed E-state index contributed by atoms with van der Waals surface area (Å²) < 4.78 is 34.2. The first kappa shape index (κ1) is 27.7. The molecular weight excluding hydrogens is 540 g/mol. The van der Waals surface area contributed by atoms with Gasteiger partial charge in [0.25, 0.3) is 10.0 Å². The van der Waals surface area contributed by atoms with E-state index >= 15 is 0 Å². The van der Waals surface area contributed by atoms with Crippen LogP contribution in [0.25, 0.3) is 0 Å². The van der Waals surface area contributed by atoms with Crippen molar-refractivity contribution < 1.29 is 17.9 Å². The number of carbonyl (C=O) groups is 1. The van der Waals surface area contributed by atoms with Gasteiger partial charge in [0.2, 0.25) is 5.91 Å². The zero-order valence-corrected chi connectivity index (χ0v) is 23.9. The molecule has 0 aliphatic heterocycles. The van der Waals surface area contributed by atoms with Gasteiger partial charge < -0.3 is 10.1 Å². The molecule has 1 amide bonds. The van der Waals surface area contributed by atoms with Gasteiger partial charge in [-0.15, -0.1) is 0 Å². The van der Waals surface area contributed by atoms with E-state index in [1.165, 1.54) is 24.8 Å². The predicted octanol–water partition coefficient (Wildman–Crippen LogP) is 6.14. The number of carbonyl (C=O) groups excluding carboxylic acids is 1. The standard InChI is InChI=1S/C28H33BrN2O4S/c1-19-7-13-23(14-8-19)31(36(33,34)24-15-16-26(35-6)25(29)17-24)18-27(32)30-20(2)21-9-11-22(12-10-21)28(3,4)5/h7-17,20H,18H2,1-6H3,(H,30,32)/t20-/m0/s1. The van der Waals surface area contributed by atoms with Crippen LogP contribution in [0, 0.1) is 6.92 Å². The Kier molecular flexibility index (Phi) is 8.52. The number of nitrogens with one attached hydrogen (secondary N) is 1. The van der Waals surface area contributed by atoms with Crippen molar-refractivity contribution in [2.75, 3.05) is 18.0 Å². The molecule has 0 saturated carbocycles. The van der Waals surface area contributed by atoms with E-state index < -0.39 is 15.9 Å². The average molecular weight is 574 g/mol. The van der Waals surface area contributed by atoms with Crippen molar-refractivity contribution >= 4 is 37.5 Å². The third-order valence-electron chi connectivity index (χ3n) is 5.97. The minimum Gasteiger partial charge on any atom is -0.496 e. The highest BCUT2D eigenvalue weighted by Crippen LogP contribution is 2.31. The number of ether oxygens (including phenoxy) is 1. The van der Waals surface area contributed by atoms with Crippen molar-refractivity contribution in [1.29, 1.82) is 0 Å². The van der Waals surface area contributed by atoms with Crippen molar-refractivity contribution in [2.24, 2.45) is 0 Å². The number of nitrogens with zero attached hydrogens (tertiary/aromatic N) is 1. The van der Waals surface area contributed by atoms with Crippen molar-refractivity contribution in [2.45, 2.75) is 51.0 Å². The summed E-state index contributed by atoms with van der Waals surface area (Å²) in [6, 6.07) is 19.4. The second-order valence-corrected chi connectivity index (χ2v) is 12.5. The lowest BCUT2D eigenvalue weighted by Crippen LogP contribution is -2.41. The number of anilines is 1. The van der Waals surface area contributed by atoms with E-state index in [1.54, 1.807) is 18.2 Å². The van der Waals surface area contributed by atoms with Crippen LogP contribution in [0.4, 0.5) is 5.69 Å². The first-order valence-electron chi connectivity index (χ1n) is 11.7. The Morgan fingerprint density at radius 3 is 2.17 bits per heavy atom. The van der Waals surface area contributed by atoms with Gasteiger partial charge in [0.05, 0.1) is 28.2 Å². The largest absolute Gasteiger partial charge is 0.496 e. The van der Waals surface area contributed by atoms with Gasteiger partial charge in [-0.3, -0.25) is 9.10 Å². The lowest BCUT2D eigenvalue weighted by molar-refractivity contribution is -0.120. The lowest BCUT2D eigenvalue weighted by atomic mass is 9.86. The maximum atomic E-state index is 13.7. The number of hydrogen-bond donors (Lipinski definition) is 1. The number of sulfonamides is 1. The first-order valence-corrected chi connectivity index (χ1v) is 13.9. The van der Waals surface area contributed by atoms with Gasteiger partial charge in [-0.05, 0) is 76.7 Å². The number of halogens is 1. The highest BCUT2D eigenvalue weighted by atomic mass is 79.9. The smallest absolute Gasteiger partial charge is 0.264 e. The van der Waals surface area contributed by atoms with E-state index in [1.807, 2.05) is 38.1 Å². The summed E-state index contributed by atoms with van der Waals surface area (Å²) in [4.78, 5) is 13.2. The van der Waals surface area contributed by atoms with E-state index in [4.69, 9.17) is 4.74 Å². The fourth-order valence-electron chi connectivity index (χ4n) is 3.73. The van der Waals surface area contributed by atoms with Crippen LogP contribution < -0.4 is 14.4 Å². The fraction of sp³-hybridized carbons (Fsp3) is 0.321. The Balaban J connectivity index is 1.87. The summed E-state index contributed by atoms with van der Waals surface area (Å²) in [5.74, 6) is 0.110. The number of methoxy groups -OCH3 is 1. The van der Waals surface area contributed by atoms with E-state index in [0.717, 1.165) is 15.4 Å². The molecule has 1 N–H and O–H groups in total. The van der Waals surface area contributed by atoms with Gasteiger partial charge in [-0.2, -0.15) is 0 Å². The number of benzene rings is 3. The van der Waals surface area contributed by atoms with E-state index in [0.29, 0.717) is 15.9 Å². The summed E-state index contributed by atoms with van der Waals surface area (Å²) in [5.41, 5.74) is 3.57. The molecule has 1 atom stereocenters. The summed E-state index contributed by atoms with van der Waals surface area (Å²) in [7, 11) is -2.54. The van der Waals surface area contributed by atoms with Crippen LogP contribution in [-0.4, -0.2) is 28.0 Å². The molecule has 3 aromatic carbocycles. The molecule has 0 radical (unpaired) electrons. The molecule has 0 saturated heterocycles. The van der Waals surface area contributed by atoms with Crippen LogP contribution in [0.15, 0.2) is 76.1 Å². The Morgan fingerprint density at radius 2 is 1.64 bits per heavy atom. The maximum absolute atomic E-state index is 13.7. The fourth-order valence-corrected chi connectivity index (χ4v) is 5.87. The summed E-state index contributed by atoms with van der Waals surface area (Å²) >= 11 is 3.35. The molecule has 8 heteroatoms. The summed E-state index contributed by atoms with van der Waals surface area (Å²) in [6.07, 6.45) is 0. The quantitative estimate of drug-likeness (QED) is 0.352. The van der Waals surface area contributed by atoms with Gasteiger partial charge in [0.1, 0.15) is 12.3 Å². The SMILES string of the molecule is COc1ccc(S(=O)(=O)N(CC(=O)N[C@@H](C)c2ccc(C(C)(C)C)cc2)c2ccc(C)cc2)cc1Br. The third kappa shape index (κ3) is 6.48. The molecule has 3 rings (SSSR count). The van der Waals surface area contributed by atoms with Gasteiger partial charge in [-0.1, -0.05) is 62.7 Å². The van der Waals surface area contributed by atoms with Crippen molar-refractivity contribution in [3.05, 3.63) is 87.9 Å². The van der Waals surface area contributed by atoms with Crippen molar-refractivity contribution in [3.63, 3.8) is 0 Å². The first-order chi connectivity index (χ1) is 16.8. The monoisotopic (exact) mass is 572 g/mol. The van der Waals surface area contributed by atoms with E-state index in [9.17, 15) is 13.2 Å². The normalized spacial score (nSPS) is 12.6. The molecule has 0 bridgehead atoms. The van der Waals surface area contributed by atoms with Gasteiger partial charge in [-0.25, -0.2) is 8.42 Å². The van der Waals surface area contributed by atoms with Crippen molar-refractivity contribution in [1.82, 2.24) is 5.32 Å². The average Bonchev–Trinajstić information content (AvgIpc) is 2.82. The second kappa shape index (κ2) is 11.0. The predicted molar refractivity (Wildman–Crippen MR) is 148 cm³/mol. The molecule has 0 aromatic heterocycles. The zero-order chi connectivity index (χ0) is 26.7. The minimum atomic E-state index is -4.04. The molecule has 0 fully saturated rings. The van der Waals surface area contributed by atoms with E-state index in [2.05, 4.69) is 54.2 Å². The van der Waals surface area contributed by atoms with Gasteiger partial charge in [0, 0.05) is 0 Å².